The van der Waals surface area contributed by atoms with Crippen LogP contribution >= 0.6 is 0 Å². The summed E-state index contributed by atoms with van der Waals surface area (Å²) in [6, 6.07) is 0. The topological polar surface area (TPSA) is 14.1 Å². The van der Waals surface area contributed by atoms with E-state index in [9.17, 15) is 0 Å². The Hall–Kier alpha value is -0.0400. The van der Waals surface area contributed by atoms with Gasteiger partial charge in [-0.1, -0.05) is 25.7 Å². The fourth-order valence-electron chi connectivity index (χ4n) is 0.955. The molecular formula is C6H12N-. The van der Waals surface area contributed by atoms with Gasteiger partial charge in [0.15, 0.2) is 0 Å². The summed E-state index contributed by atoms with van der Waals surface area (Å²) >= 11 is 0. The smallest absolute Gasteiger partial charge is 0.0540 e. The second kappa shape index (κ2) is 2.31. The summed E-state index contributed by atoms with van der Waals surface area (Å²) in [5.74, 6) is 0.869. The first-order valence-electron chi connectivity index (χ1n) is 3.03. The molecule has 1 unspecified atom stereocenters. The highest BCUT2D eigenvalue weighted by atomic mass is 14.9. The minimum Gasteiger partial charge on any atom is -0.662 e. The van der Waals surface area contributed by atoms with Crippen LogP contribution in [0.4, 0.5) is 0 Å². The van der Waals surface area contributed by atoms with Gasteiger partial charge in [0.1, 0.15) is 0 Å². The normalized spacial score (nSPS) is 33.0. The standard InChI is InChI=1S/C6H12N/c1-6-3-2-4-7-5-6/h6H,2-5H2,1H3/q-1. The zero-order valence-corrected chi connectivity index (χ0v) is 4.85. The third-order valence-corrected chi connectivity index (χ3v) is 1.45. The molecule has 0 N–H and O–H groups in total. The average Bonchev–Trinajstić information content (AvgIpc) is 1.69. The molecule has 0 radical (unpaired) electrons. The fraction of sp³-hybridized carbons (Fsp3) is 1.00. The van der Waals surface area contributed by atoms with Crippen LogP contribution in [0.3, 0.4) is 0 Å². The summed E-state index contributed by atoms with van der Waals surface area (Å²) < 4.78 is 0. The SMILES string of the molecule is CC1CCC[N-]C1. The maximum atomic E-state index is 4.26. The lowest BCUT2D eigenvalue weighted by Crippen LogP contribution is -2.08. The number of hydrogen-bond acceptors (Lipinski definition) is 0. The molecule has 7 heavy (non-hydrogen) atoms. The monoisotopic (exact) mass is 98.1 g/mol. The van der Waals surface area contributed by atoms with E-state index >= 15 is 0 Å². The third kappa shape index (κ3) is 1.48. The molecule has 0 bridgehead atoms. The first kappa shape index (κ1) is 5.10. The molecule has 1 aliphatic rings. The number of hydrogen-bond donors (Lipinski definition) is 0. The largest absolute Gasteiger partial charge is 0.662 e. The van der Waals surface area contributed by atoms with Crippen molar-refractivity contribution >= 4 is 0 Å². The summed E-state index contributed by atoms with van der Waals surface area (Å²) in [6.07, 6.45) is 2.71. The first-order valence-corrected chi connectivity index (χ1v) is 3.03. The van der Waals surface area contributed by atoms with Crippen molar-refractivity contribution < 1.29 is 0 Å². The Labute approximate surface area is 45.1 Å². The van der Waals surface area contributed by atoms with E-state index in [1.807, 2.05) is 0 Å². The fourth-order valence-corrected chi connectivity index (χ4v) is 0.955. The molecule has 1 saturated heterocycles. The molecule has 1 rings (SSSR count). The van der Waals surface area contributed by atoms with Crippen LogP contribution in [0, 0.1) is 5.92 Å². The molecule has 42 valence electrons. The highest BCUT2D eigenvalue weighted by Gasteiger charge is 1.97. The van der Waals surface area contributed by atoms with E-state index in [1.165, 1.54) is 12.8 Å². The molecule has 1 atom stereocenters. The Bertz CT molecular complexity index is 46.1. The zero-order valence-electron chi connectivity index (χ0n) is 4.85. The average molecular weight is 98.2 g/mol. The molecule has 1 heteroatoms. The number of nitrogens with zero attached hydrogens (tertiary/aromatic N) is 1. The third-order valence-electron chi connectivity index (χ3n) is 1.45. The van der Waals surface area contributed by atoms with Gasteiger partial charge in [-0.3, -0.25) is 0 Å². The van der Waals surface area contributed by atoms with E-state index in [0.29, 0.717) is 0 Å². The Morgan fingerprint density at radius 1 is 1.57 bits per heavy atom. The van der Waals surface area contributed by atoms with Gasteiger partial charge in [-0.05, 0) is 0 Å². The Morgan fingerprint density at radius 2 is 2.43 bits per heavy atom. The van der Waals surface area contributed by atoms with Crippen LogP contribution < -0.4 is 0 Å². The van der Waals surface area contributed by atoms with Crippen molar-refractivity contribution in [2.45, 2.75) is 19.8 Å². The summed E-state index contributed by atoms with van der Waals surface area (Å²) in [7, 11) is 0. The van der Waals surface area contributed by atoms with E-state index in [0.717, 1.165) is 19.0 Å². The molecule has 0 amide bonds. The van der Waals surface area contributed by atoms with Crippen molar-refractivity contribution in [1.82, 2.24) is 0 Å². The van der Waals surface area contributed by atoms with E-state index in [-0.39, 0.29) is 0 Å². The second-order valence-electron chi connectivity index (χ2n) is 2.38. The Balaban J connectivity index is 2.12. The molecule has 0 saturated carbocycles. The van der Waals surface area contributed by atoms with Gasteiger partial charge in [0.25, 0.3) is 0 Å². The zero-order chi connectivity index (χ0) is 5.11. The summed E-state index contributed by atoms with van der Waals surface area (Å²) in [5.41, 5.74) is 0. The molecule has 1 fully saturated rings. The lowest BCUT2D eigenvalue weighted by molar-refractivity contribution is 0.507. The van der Waals surface area contributed by atoms with Crippen molar-refractivity contribution in [3.05, 3.63) is 5.32 Å². The van der Waals surface area contributed by atoms with Crippen molar-refractivity contribution in [1.29, 1.82) is 0 Å². The predicted octanol–water partition coefficient (Wildman–Crippen LogP) is 1.79. The lowest BCUT2D eigenvalue weighted by Gasteiger charge is -2.30. The second-order valence-corrected chi connectivity index (χ2v) is 2.38. The molecule has 0 aromatic heterocycles. The molecule has 1 aliphatic heterocycles. The first-order chi connectivity index (χ1) is 3.39. The van der Waals surface area contributed by atoms with Crippen molar-refractivity contribution in [3.8, 4) is 0 Å². The maximum absolute atomic E-state index is 4.26. The quantitative estimate of drug-likeness (QED) is 0.438. The van der Waals surface area contributed by atoms with Crippen molar-refractivity contribution in [3.63, 3.8) is 0 Å². The van der Waals surface area contributed by atoms with Crippen LogP contribution in [0.1, 0.15) is 19.8 Å². The molecule has 0 aliphatic carbocycles. The molecular weight excluding hydrogens is 86.1 g/mol. The van der Waals surface area contributed by atoms with Crippen LogP contribution in [0.2, 0.25) is 0 Å². The minimum absolute atomic E-state index is 0.869. The van der Waals surface area contributed by atoms with Gasteiger partial charge >= 0.3 is 0 Å². The van der Waals surface area contributed by atoms with Crippen molar-refractivity contribution in [2.75, 3.05) is 13.1 Å². The summed E-state index contributed by atoms with van der Waals surface area (Å²) in [4.78, 5) is 0. The van der Waals surface area contributed by atoms with Gasteiger partial charge < -0.3 is 5.32 Å². The Morgan fingerprint density at radius 3 is 2.71 bits per heavy atom. The van der Waals surface area contributed by atoms with Crippen LogP contribution in [0.15, 0.2) is 0 Å². The predicted molar refractivity (Wildman–Crippen MR) is 31.5 cm³/mol. The molecule has 0 aromatic rings. The van der Waals surface area contributed by atoms with Gasteiger partial charge in [-0.15, -0.1) is 13.1 Å². The highest BCUT2D eigenvalue weighted by Crippen LogP contribution is 2.14. The van der Waals surface area contributed by atoms with Crippen molar-refractivity contribution in [2.24, 2.45) is 5.92 Å². The molecule has 1 heterocycles. The van der Waals surface area contributed by atoms with Gasteiger partial charge in [0.05, 0.1) is 0 Å². The number of piperidine rings is 1. The van der Waals surface area contributed by atoms with Gasteiger partial charge in [-0.2, -0.15) is 0 Å². The Kier molecular flexibility index (Phi) is 1.69. The van der Waals surface area contributed by atoms with Gasteiger partial charge in [0, 0.05) is 0 Å². The van der Waals surface area contributed by atoms with Crippen LogP contribution in [0.5, 0.6) is 0 Å². The van der Waals surface area contributed by atoms with Crippen LogP contribution in [0.25, 0.3) is 5.32 Å². The summed E-state index contributed by atoms with van der Waals surface area (Å²) in [6.45, 7) is 4.49. The number of rotatable bonds is 0. The summed E-state index contributed by atoms with van der Waals surface area (Å²) in [5, 5.41) is 4.26. The van der Waals surface area contributed by atoms with E-state index in [1.54, 1.807) is 0 Å². The molecule has 0 aromatic carbocycles. The lowest BCUT2D eigenvalue weighted by atomic mass is 10.0. The maximum Gasteiger partial charge on any atom is -0.0540 e. The van der Waals surface area contributed by atoms with Crippen LogP contribution in [-0.4, -0.2) is 13.1 Å². The van der Waals surface area contributed by atoms with Crippen LogP contribution in [-0.2, 0) is 0 Å². The molecule has 0 spiro atoms. The van der Waals surface area contributed by atoms with E-state index < -0.39 is 0 Å². The molecule has 1 nitrogen and oxygen atoms in total. The van der Waals surface area contributed by atoms with Gasteiger partial charge in [0.2, 0.25) is 0 Å². The van der Waals surface area contributed by atoms with E-state index in [2.05, 4.69) is 12.2 Å². The minimum atomic E-state index is 0.869. The van der Waals surface area contributed by atoms with E-state index in [4.69, 9.17) is 0 Å². The highest BCUT2D eigenvalue weighted by molar-refractivity contribution is 4.86. The van der Waals surface area contributed by atoms with Gasteiger partial charge in [-0.25, -0.2) is 0 Å².